The van der Waals surface area contributed by atoms with Crippen molar-refractivity contribution in [2.24, 2.45) is 11.7 Å². The predicted octanol–water partition coefficient (Wildman–Crippen LogP) is 2.00. The zero-order valence-electron chi connectivity index (χ0n) is 9.66. The molecule has 0 saturated carbocycles. The van der Waals surface area contributed by atoms with Crippen molar-refractivity contribution in [3.8, 4) is 5.75 Å². The van der Waals surface area contributed by atoms with Gasteiger partial charge in [0.1, 0.15) is 11.6 Å². The van der Waals surface area contributed by atoms with Gasteiger partial charge >= 0.3 is 0 Å². The smallest absolute Gasteiger partial charge is 0.171 e. The second kappa shape index (κ2) is 5.07. The summed E-state index contributed by atoms with van der Waals surface area (Å²) in [5.41, 5.74) is 5.89. The van der Waals surface area contributed by atoms with E-state index in [9.17, 15) is 9.18 Å². The summed E-state index contributed by atoms with van der Waals surface area (Å²) in [5, 5.41) is 0. The van der Waals surface area contributed by atoms with Crippen molar-refractivity contribution in [1.82, 2.24) is 0 Å². The van der Waals surface area contributed by atoms with Crippen molar-refractivity contribution in [1.29, 1.82) is 0 Å². The lowest BCUT2D eigenvalue weighted by atomic mass is 9.93. The van der Waals surface area contributed by atoms with Gasteiger partial charge in [-0.3, -0.25) is 4.79 Å². The van der Waals surface area contributed by atoms with Crippen molar-refractivity contribution in [2.75, 3.05) is 7.11 Å². The number of carbonyl (C=O) groups excluding carboxylic acids is 1. The molecule has 0 aliphatic carbocycles. The maximum Gasteiger partial charge on any atom is 0.171 e. The molecular weight excluding hydrogens is 209 g/mol. The summed E-state index contributed by atoms with van der Waals surface area (Å²) in [4.78, 5) is 12.0. The molecule has 16 heavy (non-hydrogen) atoms. The molecule has 1 aromatic carbocycles. The van der Waals surface area contributed by atoms with Gasteiger partial charge in [-0.2, -0.15) is 0 Å². The molecule has 4 heteroatoms. The van der Waals surface area contributed by atoms with Crippen molar-refractivity contribution in [3.63, 3.8) is 0 Å². The molecule has 1 rings (SSSR count). The lowest BCUT2D eigenvalue weighted by Crippen LogP contribution is -2.30. The number of methoxy groups -OCH3 is 1. The molecule has 0 aromatic heterocycles. The Morgan fingerprint density at radius 2 is 2.06 bits per heavy atom. The van der Waals surface area contributed by atoms with Crippen LogP contribution in [0.1, 0.15) is 24.2 Å². The van der Waals surface area contributed by atoms with Crippen LogP contribution < -0.4 is 10.5 Å². The van der Waals surface area contributed by atoms with E-state index in [1.807, 2.05) is 0 Å². The minimum absolute atomic E-state index is 0.202. The Kier molecular flexibility index (Phi) is 4.01. The van der Waals surface area contributed by atoms with Crippen LogP contribution in [0, 0.1) is 11.7 Å². The highest BCUT2D eigenvalue weighted by molar-refractivity contribution is 6.00. The quantitative estimate of drug-likeness (QED) is 0.797. The molecule has 0 aliphatic heterocycles. The van der Waals surface area contributed by atoms with Crippen LogP contribution in [0.3, 0.4) is 0 Å². The topological polar surface area (TPSA) is 52.3 Å². The predicted molar refractivity (Wildman–Crippen MR) is 60.1 cm³/mol. The van der Waals surface area contributed by atoms with Gasteiger partial charge in [0.15, 0.2) is 5.78 Å². The van der Waals surface area contributed by atoms with Crippen LogP contribution in [0.2, 0.25) is 0 Å². The third-order valence-corrected chi connectivity index (χ3v) is 2.63. The van der Waals surface area contributed by atoms with Crippen LogP contribution in [0.4, 0.5) is 4.39 Å². The van der Waals surface area contributed by atoms with Gasteiger partial charge in [0, 0.05) is 12.0 Å². The largest absolute Gasteiger partial charge is 0.496 e. The fraction of sp³-hybridized carbons (Fsp3) is 0.417. The van der Waals surface area contributed by atoms with E-state index in [0.717, 1.165) is 0 Å². The fourth-order valence-corrected chi connectivity index (χ4v) is 1.36. The molecule has 2 unspecified atom stereocenters. The van der Waals surface area contributed by atoms with Gasteiger partial charge in [0.2, 0.25) is 0 Å². The van der Waals surface area contributed by atoms with Crippen LogP contribution >= 0.6 is 0 Å². The van der Waals surface area contributed by atoms with Crippen LogP contribution in [0.15, 0.2) is 18.2 Å². The van der Waals surface area contributed by atoms with Gasteiger partial charge in [-0.05, 0) is 25.1 Å². The number of rotatable bonds is 4. The van der Waals surface area contributed by atoms with Gasteiger partial charge in [0.25, 0.3) is 0 Å². The van der Waals surface area contributed by atoms with Crippen molar-refractivity contribution >= 4 is 5.78 Å². The Balaban J connectivity index is 3.11. The normalized spacial score (nSPS) is 14.3. The van der Waals surface area contributed by atoms with Crippen LogP contribution in [-0.4, -0.2) is 18.9 Å². The SMILES string of the molecule is COc1ccc(F)cc1C(=O)C(C)C(C)N. The highest BCUT2D eigenvalue weighted by Gasteiger charge is 2.22. The van der Waals surface area contributed by atoms with Gasteiger partial charge in [0.05, 0.1) is 12.7 Å². The van der Waals surface area contributed by atoms with Gasteiger partial charge in [-0.25, -0.2) is 4.39 Å². The van der Waals surface area contributed by atoms with Gasteiger partial charge in [-0.15, -0.1) is 0 Å². The maximum absolute atomic E-state index is 13.1. The van der Waals surface area contributed by atoms with Crippen molar-refractivity contribution < 1.29 is 13.9 Å². The monoisotopic (exact) mass is 225 g/mol. The van der Waals surface area contributed by atoms with E-state index in [1.165, 1.54) is 25.3 Å². The number of hydrogen-bond acceptors (Lipinski definition) is 3. The van der Waals surface area contributed by atoms with E-state index in [1.54, 1.807) is 13.8 Å². The highest BCUT2D eigenvalue weighted by Crippen LogP contribution is 2.23. The minimum Gasteiger partial charge on any atom is -0.496 e. The number of nitrogens with two attached hydrogens (primary N) is 1. The third kappa shape index (κ3) is 2.58. The Morgan fingerprint density at radius 3 is 2.56 bits per heavy atom. The molecule has 3 nitrogen and oxygen atoms in total. The zero-order valence-corrected chi connectivity index (χ0v) is 9.66. The third-order valence-electron chi connectivity index (χ3n) is 2.63. The van der Waals surface area contributed by atoms with E-state index in [4.69, 9.17) is 10.5 Å². The van der Waals surface area contributed by atoms with Crippen LogP contribution in [0.25, 0.3) is 0 Å². The molecule has 1 aromatic rings. The standard InChI is InChI=1S/C12H16FNO2/c1-7(8(2)14)12(15)10-6-9(13)4-5-11(10)16-3/h4-8H,14H2,1-3H3. The molecule has 0 bridgehead atoms. The van der Waals surface area contributed by atoms with Crippen molar-refractivity contribution in [2.45, 2.75) is 19.9 Å². The summed E-state index contributed by atoms with van der Waals surface area (Å²) in [5.74, 6) is -0.651. The summed E-state index contributed by atoms with van der Waals surface area (Å²) < 4.78 is 18.1. The molecule has 0 saturated heterocycles. The molecule has 0 fully saturated rings. The van der Waals surface area contributed by atoms with Gasteiger partial charge < -0.3 is 10.5 Å². The Bertz CT molecular complexity index is 391. The number of ether oxygens (including phenoxy) is 1. The number of benzene rings is 1. The molecule has 2 atom stereocenters. The van der Waals surface area contributed by atoms with E-state index < -0.39 is 5.82 Å². The van der Waals surface area contributed by atoms with E-state index in [2.05, 4.69) is 0 Å². The number of halogens is 1. The number of carbonyl (C=O) groups is 1. The Morgan fingerprint density at radius 1 is 1.44 bits per heavy atom. The number of Topliss-reactive ketones (excluding diaryl/α,β-unsaturated/α-hetero) is 1. The van der Waals surface area contributed by atoms with Gasteiger partial charge in [-0.1, -0.05) is 6.92 Å². The first-order valence-corrected chi connectivity index (χ1v) is 5.10. The summed E-state index contributed by atoms with van der Waals surface area (Å²) in [6, 6.07) is 3.60. The second-order valence-corrected chi connectivity index (χ2v) is 3.86. The van der Waals surface area contributed by atoms with Crippen LogP contribution in [-0.2, 0) is 0 Å². The molecule has 0 heterocycles. The highest BCUT2D eigenvalue weighted by atomic mass is 19.1. The Hall–Kier alpha value is -1.42. The van der Waals surface area contributed by atoms with E-state index in [-0.39, 0.29) is 23.3 Å². The summed E-state index contributed by atoms with van der Waals surface area (Å²) in [7, 11) is 1.44. The number of ketones is 1. The summed E-state index contributed by atoms with van der Waals surface area (Å²) in [6.07, 6.45) is 0. The minimum atomic E-state index is -0.457. The number of hydrogen-bond donors (Lipinski definition) is 1. The molecule has 0 radical (unpaired) electrons. The first-order valence-electron chi connectivity index (χ1n) is 5.10. The summed E-state index contributed by atoms with van der Waals surface area (Å²) in [6.45, 7) is 3.46. The maximum atomic E-state index is 13.1. The molecule has 0 aliphatic rings. The lowest BCUT2D eigenvalue weighted by molar-refractivity contribution is 0.0913. The first-order chi connectivity index (χ1) is 7.47. The molecular formula is C12H16FNO2. The molecule has 2 N–H and O–H groups in total. The Labute approximate surface area is 94.4 Å². The average molecular weight is 225 g/mol. The van der Waals surface area contributed by atoms with Crippen LogP contribution in [0.5, 0.6) is 5.75 Å². The fourth-order valence-electron chi connectivity index (χ4n) is 1.36. The molecule has 0 amide bonds. The summed E-state index contributed by atoms with van der Waals surface area (Å²) >= 11 is 0. The average Bonchev–Trinajstić information content (AvgIpc) is 2.26. The van der Waals surface area contributed by atoms with Crippen molar-refractivity contribution in [3.05, 3.63) is 29.6 Å². The molecule has 0 spiro atoms. The first kappa shape index (κ1) is 12.6. The molecule has 88 valence electrons. The van der Waals surface area contributed by atoms with E-state index in [0.29, 0.717) is 5.75 Å². The van der Waals surface area contributed by atoms with E-state index >= 15 is 0 Å². The second-order valence-electron chi connectivity index (χ2n) is 3.86. The lowest BCUT2D eigenvalue weighted by Gasteiger charge is -2.16. The zero-order chi connectivity index (χ0) is 12.3.